The van der Waals surface area contributed by atoms with Crippen LogP contribution in [0.1, 0.15) is 25.0 Å². The first kappa shape index (κ1) is 30.7. The number of carbonyl (C=O) groups is 2. The highest BCUT2D eigenvalue weighted by molar-refractivity contribution is 9.10. The molecule has 7 nitrogen and oxygen atoms in total. The van der Waals surface area contributed by atoms with E-state index in [9.17, 15) is 18.0 Å². The van der Waals surface area contributed by atoms with Crippen LogP contribution < -0.4 is 9.62 Å². The van der Waals surface area contributed by atoms with E-state index in [1.165, 1.54) is 4.90 Å². The summed E-state index contributed by atoms with van der Waals surface area (Å²) in [6.07, 6.45) is 1.32. The molecule has 0 aliphatic heterocycles. The third-order valence-electron chi connectivity index (χ3n) is 6.02. The first-order chi connectivity index (χ1) is 18.4. The number of sulfonamides is 1. The van der Waals surface area contributed by atoms with Gasteiger partial charge >= 0.3 is 0 Å². The van der Waals surface area contributed by atoms with Crippen LogP contribution in [0.25, 0.3) is 0 Å². The van der Waals surface area contributed by atoms with Crippen LogP contribution in [-0.2, 0) is 32.6 Å². The van der Waals surface area contributed by atoms with Crippen LogP contribution in [0, 0.1) is 5.92 Å². The summed E-state index contributed by atoms with van der Waals surface area (Å²) < 4.78 is 27.4. The van der Waals surface area contributed by atoms with Crippen LogP contribution in [0.2, 0.25) is 5.02 Å². The second-order valence-electron chi connectivity index (χ2n) is 9.74. The number of hydrogen-bond acceptors (Lipinski definition) is 4. The van der Waals surface area contributed by atoms with E-state index in [2.05, 4.69) is 21.2 Å². The molecule has 1 N–H and O–H groups in total. The van der Waals surface area contributed by atoms with Crippen molar-refractivity contribution in [1.29, 1.82) is 0 Å². The molecule has 0 heterocycles. The normalized spacial score (nSPS) is 12.2. The van der Waals surface area contributed by atoms with Crippen LogP contribution in [0.3, 0.4) is 0 Å². The molecular formula is C29H33BrClN3O4S. The van der Waals surface area contributed by atoms with E-state index in [0.717, 1.165) is 26.2 Å². The second-order valence-corrected chi connectivity index (χ2v) is 13.0. The smallest absolute Gasteiger partial charge is 0.244 e. The molecular weight excluding hydrogens is 602 g/mol. The molecule has 0 radical (unpaired) electrons. The minimum absolute atomic E-state index is 0.0978. The Hall–Kier alpha value is -2.88. The lowest BCUT2D eigenvalue weighted by molar-refractivity contribution is -0.140. The van der Waals surface area contributed by atoms with Gasteiger partial charge in [0.1, 0.15) is 12.6 Å². The Morgan fingerprint density at radius 2 is 1.54 bits per heavy atom. The Morgan fingerprint density at radius 1 is 0.923 bits per heavy atom. The minimum atomic E-state index is -3.81. The number of halogens is 2. The largest absolute Gasteiger partial charge is 0.354 e. The van der Waals surface area contributed by atoms with Crippen molar-refractivity contribution in [1.82, 2.24) is 10.2 Å². The molecule has 39 heavy (non-hydrogen) atoms. The molecule has 2 amide bonds. The van der Waals surface area contributed by atoms with Crippen LogP contribution in [0.15, 0.2) is 83.3 Å². The van der Waals surface area contributed by atoms with Gasteiger partial charge in [-0.15, -0.1) is 0 Å². The number of nitrogens with one attached hydrogen (secondary N) is 1. The van der Waals surface area contributed by atoms with Gasteiger partial charge in [0.15, 0.2) is 0 Å². The SMILES string of the molecule is CC(C)CNC(=O)[C@H](Cc1ccccc1)N(Cc1ccc(Cl)cc1)C(=O)CN(c1ccc(Br)cc1)S(C)(=O)=O. The number of anilines is 1. The van der Waals surface area contributed by atoms with Crippen molar-refractivity contribution < 1.29 is 18.0 Å². The number of hydrogen-bond donors (Lipinski definition) is 1. The van der Waals surface area contributed by atoms with Gasteiger partial charge in [0.25, 0.3) is 0 Å². The Morgan fingerprint density at radius 3 is 2.10 bits per heavy atom. The van der Waals surface area contributed by atoms with E-state index in [0.29, 0.717) is 17.3 Å². The molecule has 0 aromatic heterocycles. The van der Waals surface area contributed by atoms with Crippen molar-refractivity contribution >= 4 is 55.1 Å². The fraction of sp³-hybridized carbons (Fsp3) is 0.310. The summed E-state index contributed by atoms with van der Waals surface area (Å²) in [4.78, 5) is 29.0. The molecule has 208 valence electrons. The quantitative estimate of drug-likeness (QED) is 0.294. The molecule has 0 saturated carbocycles. The molecule has 3 aromatic rings. The van der Waals surface area contributed by atoms with E-state index in [-0.39, 0.29) is 24.8 Å². The molecule has 3 aromatic carbocycles. The summed E-state index contributed by atoms with van der Waals surface area (Å²) in [7, 11) is -3.81. The Bertz CT molecular complexity index is 1350. The van der Waals surface area contributed by atoms with Crippen molar-refractivity contribution in [3.05, 3.63) is 99.5 Å². The van der Waals surface area contributed by atoms with Crippen molar-refractivity contribution in [3.63, 3.8) is 0 Å². The van der Waals surface area contributed by atoms with Gasteiger partial charge in [-0.1, -0.05) is 83.8 Å². The maximum atomic E-state index is 14.0. The van der Waals surface area contributed by atoms with E-state index in [1.54, 1.807) is 48.5 Å². The molecule has 0 bridgehead atoms. The third-order valence-corrected chi connectivity index (χ3v) is 7.94. The zero-order valence-electron chi connectivity index (χ0n) is 22.2. The minimum Gasteiger partial charge on any atom is -0.354 e. The van der Waals surface area contributed by atoms with Gasteiger partial charge in [-0.3, -0.25) is 13.9 Å². The van der Waals surface area contributed by atoms with E-state index < -0.39 is 28.5 Å². The van der Waals surface area contributed by atoms with Crippen LogP contribution in [-0.4, -0.2) is 50.5 Å². The monoisotopic (exact) mass is 633 g/mol. The summed E-state index contributed by atoms with van der Waals surface area (Å²) in [6, 6.07) is 22.2. The fourth-order valence-corrected chi connectivity index (χ4v) is 5.22. The number of carbonyl (C=O) groups excluding carboxylic acids is 2. The van der Waals surface area contributed by atoms with Gasteiger partial charge in [0.05, 0.1) is 11.9 Å². The van der Waals surface area contributed by atoms with Crippen molar-refractivity contribution in [2.75, 3.05) is 23.7 Å². The average Bonchev–Trinajstić information content (AvgIpc) is 2.89. The average molecular weight is 635 g/mol. The summed E-state index contributed by atoms with van der Waals surface area (Å²) in [6.45, 7) is 4.06. The summed E-state index contributed by atoms with van der Waals surface area (Å²) in [5.74, 6) is -0.590. The van der Waals surface area contributed by atoms with E-state index >= 15 is 0 Å². The molecule has 10 heteroatoms. The molecule has 0 fully saturated rings. The lowest BCUT2D eigenvalue weighted by Crippen LogP contribution is -2.53. The predicted molar refractivity (Wildman–Crippen MR) is 160 cm³/mol. The van der Waals surface area contributed by atoms with Gasteiger partial charge < -0.3 is 10.2 Å². The zero-order valence-corrected chi connectivity index (χ0v) is 25.3. The zero-order chi connectivity index (χ0) is 28.6. The highest BCUT2D eigenvalue weighted by Crippen LogP contribution is 2.23. The number of nitrogens with zero attached hydrogens (tertiary/aromatic N) is 2. The Balaban J connectivity index is 2.03. The number of rotatable bonds is 12. The highest BCUT2D eigenvalue weighted by Gasteiger charge is 2.33. The maximum Gasteiger partial charge on any atom is 0.244 e. The van der Waals surface area contributed by atoms with Crippen molar-refractivity contribution in [3.8, 4) is 0 Å². The van der Waals surface area contributed by atoms with Crippen molar-refractivity contribution in [2.24, 2.45) is 5.92 Å². The summed E-state index contributed by atoms with van der Waals surface area (Å²) in [5, 5.41) is 3.51. The fourth-order valence-electron chi connectivity index (χ4n) is 3.98. The first-order valence-electron chi connectivity index (χ1n) is 12.5. The Labute approximate surface area is 244 Å². The summed E-state index contributed by atoms with van der Waals surface area (Å²) >= 11 is 9.43. The predicted octanol–water partition coefficient (Wildman–Crippen LogP) is 5.28. The van der Waals surface area contributed by atoms with Crippen LogP contribution >= 0.6 is 27.5 Å². The van der Waals surface area contributed by atoms with Gasteiger partial charge in [-0.05, 0) is 53.4 Å². The topological polar surface area (TPSA) is 86.8 Å². The molecule has 0 aliphatic rings. The number of amides is 2. The summed E-state index contributed by atoms with van der Waals surface area (Å²) in [5.41, 5.74) is 1.99. The molecule has 3 rings (SSSR count). The third kappa shape index (κ3) is 9.37. The van der Waals surface area contributed by atoms with Gasteiger partial charge in [0, 0.05) is 29.0 Å². The van der Waals surface area contributed by atoms with E-state index in [4.69, 9.17) is 11.6 Å². The second kappa shape index (κ2) is 14.0. The molecule has 0 aliphatic carbocycles. The highest BCUT2D eigenvalue weighted by atomic mass is 79.9. The lowest BCUT2D eigenvalue weighted by Gasteiger charge is -2.33. The Kier molecular flexibility index (Phi) is 11.0. The molecule has 0 saturated heterocycles. The van der Waals surface area contributed by atoms with E-state index in [1.807, 2.05) is 44.2 Å². The molecule has 0 unspecified atom stereocenters. The van der Waals surface area contributed by atoms with Crippen LogP contribution in [0.4, 0.5) is 5.69 Å². The van der Waals surface area contributed by atoms with Gasteiger partial charge in [-0.2, -0.15) is 0 Å². The van der Waals surface area contributed by atoms with Crippen molar-refractivity contribution in [2.45, 2.75) is 32.9 Å². The van der Waals surface area contributed by atoms with Gasteiger partial charge in [-0.25, -0.2) is 8.42 Å². The van der Waals surface area contributed by atoms with Crippen LogP contribution in [0.5, 0.6) is 0 Å². The number of benzene rings is 3. The standard InChI is InChI=1S/C29H33BrClN3O4S/c1-21(2)18-32-29(36)27(17-22-7-5-4-6-8-22)33(19-23-9-13-25(31)14-10-23)28(35)20-34(39(3,37)38)26-15-11-24(30)12-16-26/h4-16,21,27H,17-20H2,1-3H3,(H,32,36)/t27-/m0/s1. The lowest BCUT2D eigenvalue weighted by atomic mass is 10.0. The maximum absolute atomic E-state index is 14.0. The molecule has 0 spiro atoms. The van der Waals surface area contributed by atoms with Gasteiger partial charge in [0.2, 0.25) is 21.8 Å². The molecule has 1 atom stereocenters. The first-order valence-corrected chi connectivity index (χ1v) is 15.5.